The van der Waals surface area contributed by atoms with Crippen LogP contribution in [-0.4, -0.2) is 19.1 Å². The Morgan fingerprint density at radius 2 is 1.24 bits per heavy atom. The van der Waals surface area contributed by atoms with E-state index in [4.69, 9.17) is 9.97 Å². The molecule has 192 valence electrons. The number of para-hydroxylation sites is 3. The van der Waals surface area contributed by atoms with Crippen LogP contribution < -0.4 is 0 Å². The zero-order chi connectivity index (χ0) is 26.9. The Morgan fingerprint density at radius 1 is 0.512 bits per heavy atom. The summed E-state index contributed by atoms with van der Waals surface area (Å²) in [6.07, 6.45) is 0. The molecule has 41 heavy (non-hydrogen) atoms. The van der Waals surface area contributed by atoms with E-state index in [0.717, 1.165) is 50.5 Å². The van der Waals surface area contributed by atoms with Crippen molar-refractivity contribution in [3.63, 3.8) is 0 Å². The zero-order valence-electron chi connectivity index (χ0n) is 21.9. The second kappa shape index (κ2) is 8.62. The van der Waals surface area contributed by atoms with E-state index in [2.05, 4.69) is 137 Å². The maximum atomic E-state index is 5.35. The van der Waals surface area contributed by atoms with Crippen LogP contribution in [0.3, 0.4) is 0 Å². The number of imidazole rings is 1. The molecule has 0 N–H and O–H groups in total. The highest BCUT2D eigenvalue weighted by Gasteiger charge is 2.23. The molecule has 0 radical (unpaired) electrons. The van der Waals surface area contributed by atoms with E-state index >= 15 is 0 Å². The van der Waals surface area contributed by atoms with Gasteiger partial charge in [0.15, 0.2) is 0 Å². The van der Waals surface area contributed by atoms with Gasteiger partial charge in [-0.1, -0.05) is 84.9 Å². The highest BCUT2D eigenvalue weighted by molar-refractivity contribution is 7.26. The van der Waals surface area contributed by atoms with Crippen molar-refractivity contribution < 1.29 is 0 Å². The van der Waals surface area contributed by atoms with Crippen LogP contribution in [-0.2, 0) is 0 Å². The fourth-order valence-corrected chi connectivity index (χ4v) is 7.37. The number of aromatic nitrogens is 4. The number of hydrogen-bond acceptors (Lipinski definition) is 3. The molecule has 0 amide bonds. The Morgan fingerprint density at radius 3 is 2.12 bits per heavy atom. The van der Waals surface area contributed by atoms with Crippen LogP contribution in [0.4, 0.5) is 0 Å². The lowest BCUT2D eigenvalue weighted by molar-refractivity contribution is 0.955. The lowest BCUT2D eigenvalue weighted by Crippen LogP contribution is -2.05. The molecule has 0 atom stereocenters. The second-order valence-corrected chi connectivity index (χ2v) is 11.3. The van der Waals surface area contributed by atoms with Crippen molar-refractivity contribution in [2.24, 2.45) is 0 Å². The van der Waals surface area contributed by atoms with Crippen molar-refractivity contribution in [1.29, 1.82) is 0 Å². The van der Waals surface area contributed by atoms with Gasteiger partial charge in [-0.15, -0.1) is 11.3 Å². The highest BCUT2D eigenvalue weighted by atomic mass is 32.1. The van der Waals surface area contributed by atoms with E-state index in [9.17, 15) is 0 Å². The molecule has 0 aliphatic carbocycles. The molecule has 0 aliphatic rings. The SMILES string of the molecule is c1ccc(-c2ccc3c(n2)c2c4sc5ccccc5c4ccc2n3-c2nc3ccccc3n2-c2ccccc2)cc1. The van der Waals surface area contributed by atoms with E-state index in [-0.39, 0.29) is 0 Å². The van der Waals surface area contributed by atoms with Crippen molar-refractivity contribution >= 4 is 64.5 Å². The van der Waals surface area contributed by atoms with Gasteiger partial charge >= 0.3 is 0 Å². The van der Waals surface area contributed by atoms with Gasteiger partial charge < -0.3 is 0 Å². The first kappa shape index (κ1) is 22.5. The first-order valence-corrected chi connectivity index (χ1v) is 14.5. The summed E-state index contributed by atoms with van der Waals surface area (Å²) in [5.41, 5.74) is 8.30. The van der Waals surface area contributed by atoms with Gasteiger partial charge in [0.1, 0.15) is 0 Å². The maximum absolute atomic E-state index is 5.35. The third-order valence-corrected chi connectivity index (χ3v) is 9.15. The predicted octanol–water partition coefficient (Wildman–Crippen LogP) is 9.55. The monoisotopic (exact) mass is 542 g/mol. The average Bonchev–Trinajstić information content (AvgIpc) is 3.70. The minimum atomic E-state index is 0.854. The molecule has 0 saturated carbocycles. The van der Waals surface area contributed by atoms with Crippen LogP contribution in [0.25, 0.3) is 76.0 Å². The number of fused-ring (bicyclic) bond motifs is 8. The topological polar surface area (TPSA) is 35.6 Å². The molecule has 5 heteroatoms. The Balaban J connectivity index is 1.47. The molecule has 4 heterocycles. The first-order valence-electron chi connectivity index (χ1n) is 13.7. The third-order valence-electron chi connectivity index (χ3n) is 7.94. The molecule has 0 bridgehead atoms. The summed E-state index contributed by atoms with van der Waals surface area (Å²) in [6.45, 7) is 0. The van der Waals surface area contributed by atoms with Gasteiger partial charge in [0.05, 0.1) is 33.3 Å². The minimum absolute atomic E-state index is 0.854. The summed E-state index contributed by atoms with van der Waals surface area (Å²) in [7, 11) is 0. The molecule has 0 unspecified atom stereocenters. The molecule has 4 nitrogen and oxygen atoms in total. The molecule has 5 aromatic carbocycles. The zero-order valence-corrected chi connectivity index (χ0v) is 22.7. The quantitative estimate of drug-likeness (QED) is 0.223. The van der Waals surface area contributed by atoms with E-state index in [1.165, 1.54) is 25.6 Å². The van der Waals surface area contributed by atoms with Crippen LogP contribution >= 0.6 is 11.3 Å². The fraction of sp³-hybridized carbons (Fsp3) is 0. The van der Waals surface area contributed by atoms with Gasteiger partial charge in [0, 0.05) is 36.8 Å². The first-order chi connectivity index (χ1) is 20.3. The van der Waals surface area contributed by atoms with Crippen LogP contribution in [0.5, 0.6) is 0 Å². The molecule has 9 aromatic rings. The highest BCUT2D eigenvalue weighted by Crippen LogP contribution is 2.43. The van der Waals surface area contributed by atoms with Crippen molar-refractivity contribution in [3.8, 4) is 22.9 Å². The maximum Gasteiger partial charge on any atom is 0.220 e. The summed E-state index contributed by atoms with van der Waals surface area (Å²) >= 11 is 1.84. The Kier molecular flexibility index (Phi) is 4.74. The van der Waals surface area contributed by atoms with Crippen molar-refractivity contribution in [1.82, 2.24) is 19.1 Å². The summed E-state index contributed by atoms with van der Waals surface area (Å²) in [5.74, 6) is 0.854. The van der Waals surface area contributed by atoms with E-state index in [1.54, 1.807) is 0 Å². The molecule has 0 saturated heterocycles. The average molecular weight is 543 g/mol. The fourth-order valence-electron chi connectivity index (χ4n) is 6.12. The lowest BCUT2D eigenvalue weighted by atomic mass is 10.1. The van der Waals surface area contributed by atoms with Gasteiger partial charge in [0.25, 0.3) is 0 Å². The van der Waals surface area contributed by atoms with Crippen LogP contribution in [0.15, 0.2) is 133 Å². The molecule has 0 aliphatic heterocycles. The molecular weight excluding hydrogens is 520 g/mol. The summed E-state index contributed by atoms with van der Waals surface area (Å²) in [4.78, 5) is 10.6. The van der Waals surface area contributed by atoms with E-state index in [0.29, 0.717) is 0 Å². The number of nitrogens with zero attached hydrogens (tertiary/aromatic N) is 4. The van der Waals surface area contributed by atoms with E-state index in [1.807, 2.05) is 17.4 Å². The Hall–Kier alpha value is -5.26. The van der Waals surface area contributed by atoms with E-state index < -0.39 is 0 Å². The van der Waals surface area contributed by atoms with Gasteiger partial charge in [-0.05, 0) is 48.5 Å². The van der Waals surface area contributed by atoms with Gasteiger partial charge in [-0.25, -0.2) is 9.97 Å². The summed E-state index contributed by atoms with van der Waals surface area (Å²) in [5, 5.41) is 3.72. The van der Waals surface area contributed by atoms with Gasteiger partial charge in [-0.2, -0.15) is 0 Å². The normalized spacial score (nSPS) is 11.9. The van der Waals surface area contributed by atoms with Crippen molar-refractivity contribution in [2.45, 2.75) is 0 Å². The minimum Gasteiger partial charge on any atom is -0.278 e. The second-order valence-electron chi connectivity index (χ2n) is 10.3. The summed E-state index contributed by atoms with van der Waals surface area (Å²) < 4.78 is 7.09. The largest absolute Gasteiger partial charge is 0.278 e. The number of benzene rings is 5. The molecule has 4 aromatic heterocycles. The molecular formula is C36H22N4S. The predicted molar refractivity (Wildman–Crippen MR) is 172 cm³/mol. The number of rotatable bonds is 3. The number of pyridine rings is 1. The smallest absolute Gasteiger partial charge is 0.220 e. The lowest BCUT2D eigenvalue weighted by Gasteiger charge is -2.12. The molecule has 0 fully saturated rings. The summed E-state index contributed by atoms with van der Waals surface area (Å²) in [6, 6.07) is 46.8. The van der Waals surface area contributed by atoms with Crippen LogP contribution in [0.1, 0.15) is 0 Å². The molecule has 0 spiro atoms. The third kappa shape index (κ3) is 3.27. The number of hydrogen-bond donors (Lipinski definition) is 0. The van der Waals surface area contributed by atoms with Crippen molar-refractivity contribution in [3.05, 3.63) is 133 Å². The van der Waals surface area contributed by atoms with Crippen LogP contribution in [0, 0.1) is 0 Å². The van der Waals surface area contributed by atoms with Crippen molar-refractivity contribution in [2.75, 3.05) is 0 Å². The van der Waals surface area contributed by atoms with Gasteiger partial charge in [-0.3, -0.25) is 9.13 Å². The molecule has 9 rings (SSSR count). The number of thiophene rings is 1. The van der Waals surface area contributed by atoms with Crippen LogP contribution in [0.2, 0.25) is 0 Å². The van der Waals surface area contributed by atoms with Gasteiger partial charge in [0.2, 0.25) is 5.95 Å². The Bertz CT molecular complexity index is 2410. The standard InChI is InChI=1S/C36H22N4S/c1-3-11-23(12-4-1)27-20-22-31-34(37-27)33-30(21-19-26-25-15-7-10-18-32(25)41-35(26)33)40(31)36-38-28-16-8-9-17-29(28)39(36)24-13-5-2-6-14-24/h1-22H. The Labute approximate surface area is 239 Å².